The number of fused-ring (bicyclic) bond motifs is 1. The van der Waals surface area contributed by atoms with Crippen molar-refractivity contribution < 1.29 is 23.5 Å². The first kappa shape index (κ1) is 27.3. The number of carbonyl (C=O) groups is 2. The lowest BCUT2D eigenvalue weighted by Crippen LogP contribution is -2.60. The molecule has 212 valence electrons. The monoisotopic (exact) mass is 546 g/mol. The van der Waals surface area contributed by atoms with E-state index in [0.717, 1.165) is 17.4 Å². The van der Waals surface area contributed by atoms with Gasteiger partial charge in [-0.3, -0.25) is 23.9 Å². The zero-order valence-electron chi connectivity index (χ0n) is 22.8. The van der Waals surface area contributed by atoms with Crippen LogP contribution in [0, 0.1) is 12.8 Å². The van der Waals surface area contributed by atoms with Gasteiger partial charge < -0.3 is 15.3 Å². The van der Waals surface area contributed by atoms with E-state index < -0.39 is 23.3 Å². The van der Waals surface area contributed by atoms with Gasteiger partial charge in [0.15, 0.2) is 5.56 Å². The van der Waals surface area contributed by atoms with Gasteiger partial charge in [0.2, 0.25) is 11.8 Å². The fourth-order valence-electron chi connectivity index (χ4n) is 5.57. The normalized spacial score (nSPS) is 22.1. The highest BCUT2D eigenvalue weighted by Gasteiger charge is 2.48. The fraction of sp³-hybridized carbons (Fsp3) is 0.630. The van der Waals surface area contributed by atoms with E-state index in [1.807, 2.05) is 25.7 Å². The van der Waals surface area contributed by atoms with Gasteiger partial charge in [0.1, 0.15) is 5.65 Å². The van der Waals surface area contributed by atoms with E-state index in [1.54, 1.807) is 17.9 Å². The van der Waals surface area contributed by atoms with E-state index in [0.29, 0.717) is 43.1 Å². The summed E-state index contributed by atoms with van der Waals surface area (Å²) in [7, 11) is 0. The second kappa shape index (κ2) is 10.0. The largest absolute Gasteiger partial charge is 0.494 e. The highest BCUT2D eigenvalue weighted by Crippen LogP contribution is 2.41. The van der Waals surface area contributed by atoms with E-state index in [2.05, 4.69) is 10.4 Å². The molecular formula is C27H36F2N6O4. The molecule has 2 aromatic heterocycles. The van der Waals surface area contributed by atoms with Crippen LogP contribution in [0.15, 0.2) is 10.9 Å². The van der Waals surface area contributed by atoms with Crippen molar-refractivity contribution in [2.75, 3.05) is 19.6 Å². The van der Waals surface area contributed by atoms with E-state index >= 15 is 0 Å². The van der Waals surface area contributed by atoms with Crippen LogP contribution in [0.5, 0.6) is 5.88 Å². The van der Waals surface area contributed by atoms with Crippen LogP contribution in [0.1, 0.15) is 68.1 Å². The number of aromatic nitrogens is 3. The number of carbonyl (C=O) groups excluding carboxylic acids is 2. The number of nitrogens with one attached hydrogen (secondary N) is 1. The zero-order chi connectivity index (χ0) is 28.2. The predicted molar refractivity (Wildman–Crippen MR) is 141 cm³/mol. The maximum absolute atomic E-state index is 13.3. The third-order valence-corrected chi connectivity index (χ3v) is 7.83. The molecule has 0 bridgehead atoms. The molecule has 2 aliphatic carbocycles. The molecule has 1 saturated heterocycles. The molecule has 39 heavy (non-hydrogen) atoms. The third kappa shape index (κ3) is 5.30. The van der Waals surface area contributed by atoms with Crippen LogP contribution < -0.4 is 10.9 Å². The molecule has 12 heteroatoms. The lowest BCUT2D eigenvalue weighted by molar-refractivity contribution is -0.143. The number of aromatic hydroxyl groups is 1. The van der Waals surface area contributed by atoms with Gasteiger partial charge in [-0.25, -0.2) is 8.78 Å². The average molecular weight is 547 g/mol. The number of alkyl halides is 2. The van der Waals surface area contributed by atoms with E-state index in [1.165, 1.54) is 10.6 Å². The quantitative estimate of drug-likeness (QED) is 0.516. The Hall–Kier alpha value is -3.28. The molecule has 0 spiro atoms. The molecule has 3 heterocycles. The highest BCUT2D eigenvalue weighted by molar-refractivity contribution is 5.97. The van der Waals surface area contributed by atoms with Crippen LogP contribution in [-0.2, 0) is 11.3 Å². The number of piperazine rings is 1. The first-order chi connectivity index (χ1) is 18.4. The van der Waals surface area contributed by atoms with Crippen LogP contribution in [0.25, 0.3) is 11.7 Å². The first-order valence-electron chi connectivity index (χ1n) is 13.6. The Bertz CT molecular complexity index is 1390. The summed E-state index contributed by atoms with van der Waals surface area (Å²) in [4.78, 5) is 43.0. The molecule has 5 rings (SSSR count). The summed E-state index contributed by atoms with van der Waals surface area (Å²) in [5.74, 6) is -3.79. The maximum Gasteiger partial charge on any atom is 0.291 e. The van der Waals surface area contributed by atoms with Crippen LogP contribution in [0.3, 0.4) is 0 Å². The van der Waals surface area contributed by atoms with Crippen LogP contribution >= 0.6 is 0 Å². The minimum absolute atomic E-state index is 0.00771. The Kier molecular flexibility index (Phi) is 7.02. The number of halogens is 2. The van der Waals surface area contributed by atoms with E-state index in [4.69, 9.17) is 0 Å². The van der Waals surface area contributed by atoms with E-state index in [9.17, 15) is 28.3 Å². The fourth-order valence-corrected chi connectivity index (χ4v) is 5.57. The molecule has 10 nitrogen and oxygen atoms in total. The molecule has 3 fully saturated rings. The Balaban J connectivity index is 1.42. The Morgan fingerprint density at radius 2 is 1.92 bits per heavy atom. The highest BCUT2D eigenvalue weighted by atomic mass is 19.3. The molecular weight excluding hydrogens is 510 g/mol. The molecule has 0 radical (unpaired) electrons. The van der Waals surface area contributed by atoms with Crippen molar-refractivity contribution in [3.05, 3.63) is 33.3 Å². The summed E-state index contributed by atoms with van der Waals surface area (Å²) in [5.41, 5.74) is 0.200. The lowest BCUT2D eigenvalue weighted by atomic mass is 9.86. The van der Waals surface area contributed by atoms with Crippen LogP contribution in [-0.4, -0.2) is 84.6 Å². The van der Waals surface area contributed by atoms with Gasteiger partial charge in [0, 0.05) is 68.8 Å². The molecule has 2 amide bonds. The lowest BCUT2D eigenvalue weighted by Gasteiger charge is -2.48. The average Bonchev–Trinajstić information content (AvgIpc) is 3.58. The van der Waals surface area contributed by atoms with Crippen molar-refractivity contribution in [2.24, 2.45) is 5.92 Å². The van der Waals surface area contributed by atoms with E-state index in [-0.39, 0.29) is 48.4 Å². The number of amides is 2. The number of nitrogens with zero attached hydrogens (tertiary/aromatic N) is 5. The van der Waals surface area contributed by atoms with Gasteiger partial charge in [-0.15, -0.1) is 0 Å². The Morgan fingerprint density at radius 1 is 1.23 bits per heavy atom. The molecule has 3 aliphatic rings. The van der Waals surface area contributed by atoms with Gasteiger partial charge in [-0.2, -0.15) is 9.61 Å². The van der Waals surface area contributed by atoms with Gasteiger partial charge >= 0.3 is 0 Å². The van der Waals surface area contributed by atoms with Crippen LogP contribution in [0.4, 0.5) is 8.78 Å². The standard InChI is InChI=1S/C27H36F2N6O4/c1-15(2)13-34-24-20(17(4)31-35(24)26(39)22(25(34)38)23(37)30-18-5-6-18)7-8-21(36)33-10-9-32(14-16(33)3)19-11-27(28,29)12-19/h7-8,15-16,18-19,38H,5-6,9-14H2,1-4H3,(H,30,37). The van der Waals surface area contributed by atoms with Crippen molar-refractivity contribution in [1.82, 2.24) is 29.3 Å². The molecule has 0 aromatic carbocycles. The Morgan fingerprint density at radius 3 is 2.51 bits per heavy atom. The SMILES string of the molecule is Cc1nn2c(=O)c(C(=O)NC3CC3)c(O)n(CC(C)C)c2c1C=CC(=O)N1CCN(C2CC(F)(F)C2)CC1C. The summed E-state index contributed by atoms with van der Waals surface area (Å²) in [6.45, 7) is 9.32. The topological polar surface area (TPSA) is 112 Å². The van der Waals surface area contributed by atoms with Gasteiger partial charge in [0.05, 0.1) is 5.69 Å². The van der Waals surface area contributed by atoms with Crippen molar-refractivity contribution in [1.29, 1.82) is 0 Å². The number of hydrogen-bond donors (Lipinski definition) is 2. The van der Waals surface area contributed by atoms with Gasteiger partial charge in [0.25, 0.3) is 17.4 Å². The van der Waals surface area contributed by atoms with Crippen molar-refractivity contribution in [3.8, 4) is 5.88 Å². The molecule has 1 atom stereocenters. The first-order valence-corrected chi connectivity index (χ1v) is 13.6. The summed E-state index contributed by atoms with van der Waals surface area (Å²) < 4.78 is 29.3. The summed E-state index contributed by atoms with van der Waals surface area (Å²) in [6.07, 6.45) is 4.42. The van der Waals surface area contributed by atoms with Crippen molar-refractivity contribution in [3.63, 3.8) is 0 Å². The molecule has 1 aliphatic heterocycles. The minimum Gasteiger partial charge on any atom is -0.494 e. The minimum atomic E-state index is -2.58. The molecule has 2 saturated carbocycles. The summed E-state index contributed by atoms with van der Waals surface area (Å²) in [6, 6.07) is -0.280. The maximum atomic E-state index is 13.3. The van der Waals surface area contributed by atoms with Crippen molar-refractivity contribution in [2.45, 2.75) is 84.0 Å². The Labute approximate surface area is 225 Å². The number of rotatable bonds is 7. The van der Waals surface area contributed by atoms with Gasteiger partial charge in [-0.1, -0.05) is 13.8 Å². The molecule has 1 unspecified atom stereocenters. The number of aryl methyl sites for hydroxylation is 1. The smallest absolute Gasteiger partial charge is 0.291 e. The molecule has 2 N–H and O–H groups in total. The molecule has 2 aromatic rings. The summed E-state index contributed by atoms with van der Waals surface area (Å²) >= 11 is 0. The van der Waals surface area contributed by atoms with Gasteiger partial charge in [-0.05, 0) is 38.7 Å². The van der Waals surface area contributed by atoms with Crippen LogP contribution in [0.2, 0.25) is 0 Å². The predicted octanol–water partition coefficient (Wildman–Crippen LogP) is 2.40. The second-order valence-electron chi connectivity index (χ2n) is 11.6. The summed E-state index contributed by atoms with van der Waals surface area (Å²) in [5, 5.41) is 18.2. The second-order valence-corrected chi connectivity index (χ2v) is 11.6. The number of hydrogen-bond acceptors (Lipinski definition) is 6. The third-order valence-electron chi connectivity index (χ3n) is 7.83. The zero-order valence-corrected chi connectivity index (χ0v) is 22.8. The van der Waals surface area contributed by atoms with Crippen molar-refractivity contribution >= 4 is 23.5 Å².